The number of halogens is 3. The molecule has 17 heavy (non-hydrogen) atoms. The summed E-state index contributed by atoms with van der Waals surface area (Å²) in [6.07, 6.45) is 0.662. The van der Waals surface area contributed by atoms with Gasteiger partial charge in [0.2, 0.25) is 0 Å². The van der Waals surface area contributed by atoms with E-state index in [0.29, 0.717) is 27.2 Å². The minimum atomic E-state index is 0.627. The molecule has 2 rings (SSSR count). The van der Waals surface area contributed by atoms with E-state index in [9.17, 15) is 0 Å². The average Bonchev–Trinajstić information content (AvgIpc) is 2.25. The molecule has 2 N–H and O–H groups in total. The van der Waals surface area contributed by atoms with Crippen LogP contribution in [0.5, 0.6) is 0 Å². The van der Waals surface area contributed by atoms with Crippen LogP contribution in [0.25, 0.3) is 0 Å². The Morgan fingerprint density at radius 1 is 0.824 bits per heavy atom. The Morgan fingerprint density at radius 2 is 1.41 bits per heavy atom. The second-order valence-electron chi connectivity index (χ2n) is 3.76. The van der Waals surface area contributed by atoms with Crippen molar-refractivity contribution in [3.63, 3.8) is 0 Å². The number of nitrogens with two attached hydrogens (primary N) is 1. The summed E-state index contributed by atoms with van der Waals surface area (Å²) in [4.78, 5) is 0. The predicted molar refractivity (Wildman–Crippen MR) is 75.1 cm³/mol. The normalized spacial score (nSPS) is 10.5. The first-order valence-electron chi connectivity index (χ1n) is 5.04. The van der Waals surface area contributed by atoms with Crippen LogP contribution in [0, 0.1) is 0 Å². The van der Waals surface area contributed by atoms with Gasteiger partial charge in [0.15, 0.2) is 0 Å². The van der Waals surface area contributed by atoms with Gasteiger partial charge in [0, 0.05) is 27.2 Å². The molecule has 0 spiro atoms. The fourth-order valence-electron chi connectivity index (χ4n) is 1.58. The zero-order valence-electron chi connectivity index (χ0n) is 8.88. The Balaban J connectivity index is 2.31. The summed E-state index contributed by atoms with van der Waals surface area (Å²) in [5.74, 6) is 0. The van der Waals surface area contributed by atoms with Gasteiger partial charge in [-0.1, -0.05) is 46.9 Å². The smallest absolute Gasteiger partial charge is 0.0461 e. The van der Waals surface area contributed by atoms with Crippen LogP contribution in [0.2, 0.25) is 15.1 Å². The monoisotopic (exact) mass is 285 g/mol. The molecule has 0 unspecified atom stereocenters. The van der Waals surface area contributed by atoms with Crippen molar-refractivity contribution in [3.05, 3.63) is 62.6 Å². The van der Waals surface area contributed by atoms with Crippen molar-refractivity contribution in [2.24, 2.45) is 0 Å². The van der Waals surface area contributed by atoms with Crippen LogP contribution in [-0.2, 0) is 6.42 Å². The molecule has 0 heterocycles. The van der Waals surface area contributed by atoms with E-state index in [4.69, 9.17) is 40.5 Å². The fourth-order valence-corrected chi connectivity index (χ4v) is 2.31. The number of hydrogen-bond donors (Lipinski definition) is 1. The third-order valence-corrected chi connectivity index (χ3v) is 3.41. The van der Waals surface area contributed by atoms with Crippen molar-refractivity contribution < 1.29 is 0 Å². The molecule has 2 aromatic rings. The SMILES string of the molecule is Nc1ccc(Cc2ccc(Cl)cc2Cl)c(Cl)c1. The first-order chi connectivity index (χ1) is 8.06. The molecule has 0 aliphatic carbocycles. The second kappa shape index (κ2) is 5.18. The van der Waals surface area contributed by atoms with E-state index in [1.54, 1.807) is 12.1 Å². The highest BCUT2D eigenvalue weighted by molar-refractivity contribution is 6.35. The van der Waals surface area contributed by atoms with Crippen LogP contribution < -0.4 is 5.73 Å². The maximum Gasteiger partial charge on any atom is 0.0461 e. The topological polar surface area (TPSA) is 26.0 Å². The molecule has 0 saturated carbocycles. The van der Waals surface area contributed by atoms with Gasteiger partial charge in [-0.15, -0.1) is 0 Å². The minimum Gasteiger partial charge on any atom is -0.399 e. The van der Waals surface area contributed by atoms with Crippen molar-refractivity contribution in [2.75, 3.05) is 5.73 Å². The Labute approximate surface area is 115 Å². The molecule has 0 radical (unpaired) electrons. The molecular formula is C13H10Cl3N. The molecule has 4 heteroatoms. The van der Waals surface area contributed by atoms with E-state index in [1.807, 2.05) is 24.3 Å². The fraction of sp³-hybridized carbons (Fsp3) is 0.0769. The molecular weight excluding hydrogens is 277 g/mol. The van der Waals surface area contributed by atoms with Gasteiger partial charge >= 0.3 is 0 Å². The van der Waals surface area contributed by atoms with Crippen LogP contribution in [0.1, 0.15) is 11.1 Å². The molecule has 0 fully saturated rings. The van der Waals surface area contributed by atoms with E-state index in [1.165, 1.54) is 0 Å². The molecule has 88 valence electrons. The molecule has 0 aliphatic rings. The first-order valence-corrected chi connectivity index (χ1v) is 6.17. The van der Waals surface area contributed by atoms with E-state index in [0.717, 1.165) is 11.1 Å². The third-order valence-electron chi connectivity index (χ3n) is 2.47. The predicted octanol–water partition coefficient (Wildman–Crippen LogP) is 4.82. The Bertz CT molecular complexity index is 503. The summed E-state index contributed by atoms with van der Waals surface area (Å²) in [6.45, 7) is 0. The molecule has 0 bridgehead atoms. The van der Waals surface area contributed by atoms with E-state index < -0.39 is 0 Å². The average molecular weight is 287 g/mol. The first kappa shape index (κ1) is 12.6. The number of rotatable bonds is 2. The van der Waals surface area contributed by atoms with Gasteiger partial charge in [-0.25, -0.2) is 0 Å². The summed E-state index contributed by atoms with van der Waals surface area (Å²) in [7, 11) is 0. The number of benzene rings is 2. The molecule has 0 atom stereocenters. The van der Waals surface area contributed by atoms with Gasteiger partial charge in [0.05, 0.1) is 0 Å². The van der Waals surface area contributed by atoms with E-state index >= 15 is 0 Å². The lowest BCUT2D eigenvalue weighted by Gasteiger charge is -2.07. The highest BCUT2D eigenvalue weighted by Gasteiger charge is 2.06. The zero-order chi connectivity index (χ0) is 12.4. The summed E-state index contributed by atoms with van der Waals surface area (Å²) < 4.78 is 0. The van der Waals surface area contributed by atoms with Crippen molar-refractivity contribution >= 4 is 40.5 Å². The molecule has 0 saturated heterocycles. The highest BCUT2D eigenvalue weighted by Crippen LogP contribution is 2.27. The van der Waals surface area contributed by atoms with E-state index in [-0.39, 0.29) is 0 Å². The number of nitrogen functional groups attached to an aromatic ring is 1. The lowest BCUT2D eigenvalue weighted by atomic mass is 10.0. The summed E-state index contributed by atoms with van der Waals surface area (Å²) in [6, 6.07) is 10.9. The molecule has 2 aromatic carbocycles. The molecule has 0 aromatic heterocycles. The minimum absolute atomic E-state index is 0.627. The summed E-state index contributed by atoms with van der Waals surface area (Å²) in [5, 5.41) is 1.92. The third kappa shape index (κ3) is 3.06. The molecule has 0 amide bonds. The van der Waals surface area contributed by atoms with Crippen LogP contribution in [0.4, 0.5) is 5.69 Å². The lowest BCUT2D eigenvalue weighted by Crippen LogP contribution is -1.92. The van der Waals surface area contributed by atoms with Gasteiger partial charge in [-0.3, -0.25) is 0 Å². The lowest BCUT2D eigenvalue weighted by molar-refractivity contribution is 1.19. The second-order valence-corrected chi connectivity index (χ2v) is 5.01. The van der Waals surface area contributed by atoms with Crippen molar-refractivity contribution in [3.8, 4) is 0 Å². The van der Waals surface area contributed by atoms with Gasteiger partial charge in [0.25, 0.3) is 0 Å². The van der Waals surface area contributed by atoms with Crippen LogP contribution in [0.3, 0.4) is 0 Å². The largest absolute Gasteiger partial charge is 0.399 e. The summed E-state index contributed by atoms with van der Waals surface area (Å²) in [5.41, 5.74) is 8.28. The maximum atomic E-state index is 6.11. The molecule has 1 nitrogen and oxygen atoms in total. The highest BCUT2D eigenvalue weighted by atomic mass is 35.5. The Kier molecular flexibility index (Phi) is 3.82. The Morgan fingerprint density at radius 3 is 2.00 bits per heavy atom. The Hall–Kier alpha value is -0.890. The van der Waals surface area contributed by atoms with Gasteiger partial charge in [-0.05, 0) is 35.4 Å². The van der Waals surface area contributed by atoms with Gasteiger partial charge in [-0.2, -0.15) is 0 Å². The van der Waals surface area contributed by atoms with Gasteiger partial charge < -0.3 is 5.73 Å². The van der Waals surface area contributed by atoms with Crippen LogP contribution in [-0.4, -0.2) is 0 Å². The standard InChI is InChI=1S/C13H10Cl3N/c14-10-3-1-8(12(15)6-10)5-9-2-4-11(17)7-13(9)16/h1-4,6-7H,5,17H2. The maximum absolute atomic E-state index is 6.11. The van der Waals surface area contributed by atoms with Crippen LogP contribution >= 0.6 is 34.8 Å². The quantitative estimate of drug-likeness (QED) is 0.787. The van der Waals surface area contributed by atoms with E-state index in [2.05, 4.69) is 0 Å². The van der Waals surface area contributed by atoms with Crippen LogP contribution in [0.15, 0.2) is 36.4 Å². The van der Waals surface area contributed by atoms with Crippen molar-refractivity contribution in [2.45, 2.75) is 6.42 Å². The van der Waals surface area contributed by atoms with Gasteiger partial charge in [0.1, 0.15) is 0 Å². The zero-order valence-corrected chi connectivity index (χ0v) is 11.2. The molecule has 0 aliphatic heterocycles. The van der Waals surface area contributed by atoms with Crippen molar-refractivity contribution in [1.29, 1.82) is 0 Å². The number of anilines is 1. The number of hydrogen-bond acceptors (Lipinski definition) is 1. The summed E-state index contributed by atoms with van der Waals surface area (Å²) >= 11 is 18.1. The van der Waals surface area contributed by atoms with Crippen molar-refractivity contribution in [1.82, 2.24) is 0 Å².